The fourth-order valence-corrected chi connectivity index (χ4v) is 2.10. The molecule has 0 amide bonds. The molecule has 1 saturated heterocycles. The fourth-order valence-electron chi connectivity index (χ4n) is 1.97. The summed E-state index contributed by atoms with van der Waals surface area (Å²) in [6, 6.07) is 13.4. The highest BCUT2D eigenvalue weighted by Crippen LogP contribution is 2.25. The maximum absolute atomic E-state index is 11.0. The molecule has 2 aromatic carbocycles. The van der Waals surface area contributed by atoms with Gasteiger partial charge in [0.15, 0.2) is 0 Å². The minimum Gasteiger partial charge on any atom is -0.478 e. The zero-order chi connectivity index (χ0) is 15.5. The molecular formula is C15H12ClNO5. The second kappa shape index (κ2) is 6.33. The first kappa shape index (κ1) is 14.8. The summed E-state index contributed by atoms with van der Waals surface area (Å²) in [5.74, 6) is -1.03. The highest BCUT2D eigenvalue weighted by Gasteiger charge is 2.28. The first-order valence-corrected chi connectivity index (χ1v) is 6.88. The Hall–Kier alpha value is -2.12. The monoisotopic (exact) mass is 321 g/mol. The number of anilines is 1. The predicted molar refractivity (Wildman–Crippen MR) is 78.1 cm³/mol. The second-order valence-electron chi connectivity index (χ2n) is 4.65. The van der Waals surface area contributed by atoms with Gasteiger partial charge in [0.1, 0.15) is 0 Å². The van der Waals surface area contributed by atoms with Crippen molar-refractivity contribution in [1.29, 1.82) is 0 Å². The molecule has 0 aromatic heterocycles. The van der Waals surface area contributed by atoms with Gasteiger partial charge < -0.3 is 5.11 Å². The number of hydrogen-bond acceptors (Lipinski definition) is 5. The molecule has 1 N–H and O–H groups in total. The van der Waals surface area contributed by atoms with Crippen molar-refractivity contribution in [3.63, 3.8) is 0 Å². The number of carboxylic acids is 1. The standard InChI is InChI=1S/C15H12ClNO5/c16-12-6-4-10(5-7-12)8-14-20-17(22-21-14)13-3-1-2-11(9-13)15(18)19/h1-7,9,14H,8H2,(H,18,19). The van der Waals surface area contributed by atoms with Gasteiger partial charge in [-0.1, -0.05) is 40.0 Å². The molecule has 1 fully saturated rings. The van der Waals surface area contributed by atoms with E-state index in [4.69, 9.17) is 31.4 Å². The number of carbonyl (C=O) groups is 1. The van der Waals surface area contributed by atoms with Gasteiger partial charge in [-0.25, -0.2) is 9.63 Å². The first-order chi connectivity index (χ1) is 10.6. The lowest BCUT2D eigenvalue weighted by molar-refractivity contribution is -0.283. The molecule has 0 radical (unpaired) electrons. The first-order valence-electron chi connectivity index (χ1n) is 6.50. The highest BCUT2D eigenvalue weighted by molar-refractivity contribution is 6.30. The largest absolute Gasteiger partial charge is 0.478 e. The van der Waals surface area contributed by atoms with Gasteiger partial charge in [-0.3, -0.25) is 0 Å². The third-order valence-corrected chi connectivity index (χ3v) is 3.30. The van der Waals surface area contributed by atoms with Gasteiger partial charge in [-0.15, -0.1) is 0 Å². The van der Waals surface area contributed by atoms with E-state index in [-0.39, 0.29) is 5.56 Å². The zero-order valence-electron chi connectivity index (χ0n) is 11.3. The van der Waals surface area contributed by atoms with Gasteiger partial charge in [0, 0.05) is 11.4 Å². The van der Waals surface area contributed by atoms with Crippen molar-refractivity contribution >= 4 is 23.3 Å². The van der Waals surface area contributed by atoms with Crippen molar-refractivity contribution < 1.29 is 24.6 Å². The molecule has 6 nitrogen and oxygen atoms in total. The number of aromatic carboxylic acids is 1. The Morgan fingerprint density at radius 1 is 1.23 bits per heavy atom. The number of carboxylic acid groups (broad SMARTS) is 1. The Morgan fingerprint density at radius 3 is 2.73 bits per heavy atom. The van der Waals surface area contributed by atoms with Gasteiger partial charge in [-0.05, 0) is 35.9 Å². The maximum atomic E-state index is 11.0. The van der Waals surface area contributed by atoms with E-state index in [2.05, 4.69) is 0 Å². The average Bonchev–Trinajstić information content (AvgIpc) is 2.98. The molecule has 0 bridgehead atoms. The number of benzene rings is 2. The minimum atomic E-state index is -1.03. The van der Waals surface area contributed by atoms with Gasteiger partial charge in [0.2, 0.25) is 6.29 Å². The number of halogens is 1. The van der Waals surface area contributed by atoms with Crippen LogP contribution < -0.4 is 5.23 Å². The summed E-state index contributed by atoms with van der Waals surface area (Å²) in [5, 5.41) is 10.7. The molecule has 7 heteroatoms. The van der Waals surface area contributed by atoms with Crippen LogP contribution in [-0.4, -0.2) is 17.4 Å². The van der Waals surface area contributed by atoms with Crippen LogP contribution in [0.2, 0.25) is 5.02 Å². The molecule has 114 valence electrons. The SMILES string of the molecule is O=C(O)c1cccc(N2OOC(Cc3ccc(Cl)cc3)O2)c1. The molecule has 0 saturated carbocycles. The van der Waals surface area contributed by atoms with E-state index < -0.39 is 12.3 Å². The average molecular weight is 322 g/mol. The van der Waals surface area contributed by atoms with E-state index in [0.717, 1.165) is 10.8 Å². The lowest BCUT2D eigenvalue weighted by Gasteiger charge is -2.12. The van der Waals surface area contributed by atoms with Crippen molar-refractivity contribution in [2.45, 2.75) is 12.7 Å². The van der Waals surface area contributed by atoms with Gasteiger partial charge in [0.05, 0.1) is 11.3 Å². The van der Waals surface area contributed by atoms with Crippen LogP contribution in [0.1, 0.15) is 15.9 Å². The van der Waals surface area contributed by atoms with E-state index >= 15 is 0 Å². The second-order valence-corrected chi connectivity index (χ2v) is 5.09. The van der Waals surface area contributed by atoms with E-state index in [0.29, 0.717) is 17.1 Å². The van der Waals surface area contributed by atoms with Crippen molar-refractivity contribution in [2.24, 2.45) is 0 Å². The van der Waals surface area contributed by atoms with Crippen molar-refractivity contribution in [3.8, 4) is 0 Å². The molecule has 0 spiro atoms. The minimum absolute atomic E-state index is 0.130. The molecule has 0 aliphatic carbocycles. The Bertz CT molecular complexity index is 676. The molecule has 1 unspecified atom stereocenters. The summed E-state index contributed by atoms with van der Waals surface area (Å²) >= 11 is 5.83. The molecule has 2 aromatic rings. The third kappa shape index (κ3) is 3.37. The quantitative estimate of drug-likeness (QED) is 0.872. The summed E-state index contributed by atoms with van der Waals surface area (Å²) < 4.78 is 0. The lowest BCUT2D eigenvalue weighted by Crippen LogP contribution is -2.19. The molecule has 1 aliphatic heterocycles. The lowest BCUT2D eigenvalue weighted by atomic mass is 10.1. The van der Waals surface area contributed by atoms with Crippen LogP contribution in [-0.2, 0) is 21.1 Å². The van der Waals surface area contributed by atoms with Gasteiger partial charge >= 0.3 is 5.97 Å². The van der Waals surface area contributed by atoms with Crippen molar-refractivity contribution in [3.05, 3.63) is 64.7 Å². The summed E-state index contributed by atoms with van der Waals surface area (Å²) in [5.41, 5.74) is 1.53. The van der Waals surface area contributed by atoms with Crippen molar-refractivity contribution in [1.82, 2.24) is 0 Å². The predicted octanol–water partition coefficient (Wildman–Crippen LogP) is 3.22. The number of rotatable bonds is 4. The van der Waals surface area contributed by atoms with Crippen LogP contribution >= 0.6 is 11.6 Å². The smallest absolute Gasteiger partial charge is 0.335 e. The normalized spacial score (nSPS) is 17.7. The van der Waals surface area contributed by atoms with Gasteiger partial charge in [-0.2, -0.15) is 4.89 Å². The molecule has 3 rings (SSSR count). The van der Waals surface area contributed by atoms with Crippen LogP contribution in [0.3, 0.4) is 0 Å². The molecule has 1 aliphatic rings. The third-order valence-electron chi connectivity index (χ3n) is 3.05. The molecular weight excluding hydrogens is 310 g/mol. The summed E-state index contributed by atoms with van der Waals surface area (Å²) in [6.07, 6.45) is -0.165. The Morgan fingerprint density at radius 2 is 2.00 bits per heavy atom. The van der Waals surface area contributed by atoms with Gasteiger partial charge in [0.25, 0.3) is 0 Å². The Labute approximate surface area is 131 Å². The Balaban J connectivity index is 1.65. The summed E-state index contributed by atoms with van der Waals surface area (Å²) in [7, 11) is 0. The van der Waals surface area contributed by atoms with E-state index in [1.165, 1.54) is 12.1 Å². The maximum Gasteiger partial charge on any atom is 0.335 e. The van der Waals surface area contributed by atoms with Crippen LogP contribution in [0.25, 0.3) is 0 Å². The van der Waals surface area contributed by atoms with E-state index in [1.807, 2.05) is 12.1 Å². The number of hydrogen-bond donors (Lipinski definition) is 1. The summed E-state index contributed by atoms with van der Waals surface area (Å²) in [4.78, 5) is 26.5. The Kier molecular flexibility index (Phi) is 4.26. The molecule has 1 atom stereocenters. The van der Waals surface area contributed by atoms with Crippen LogP contribution in [0.15, 0.2) is 48.5 Å². The molecule has 22 heavy (non-hydrogen) atoms. The fraction of sp³-hybridized carbons (Fsp3) is 0.133. The summed E-state index contributed by atoms with van der Waals surface area (Å²) in [6.45, 7) is 0. The number of nitrogens with zero attached hydrogens (tertiary/aromatic N) is 1. The molecule has 1 heterocycles. The van der Waals surface area contributed by atoms with Crippen LogP contribution in [0.4, 0.5) is 5.69 Å². The topological polar surface area (TPSA) is 68.2 Å². The van der Waals surface area contributed by atoms with Crippen LogP contribution in [0.5, 0.6) is 0 Å². The van der Waals surface area contributed by atoms with Crippen LogP contribution in [0, 0.1) is 0 Å². The van der Waals surface area contributed by atoms with Crippen molar-refractivity contribution in [2.75, 3.05) is 5.23 Å². The zero-order valence-corrected chi connectivity index (χ0v) is 12.1. The van der Waals surface area contributed by atoms with E-state index in [1.54, 1.807) is 24.3 Å². The highest BCUT2D eigenvalue weighted by atomic mass is 35.5. The van der Waals surface area contributed by atoms with E-state index in [9.17, 15) is 4.79 Å².